The van der Waals surface area contributed by atoms with Crippen molar-refractivity contribution in [2.75, 3.05) is 25.1 Å². The maximum atomic E-state index is 13.6. The summed E-state index contributed by atoms with van der Waals surface area (Å²) in [5.41, 5.74) is 0.0181. The van der Waals surface area contributed by atoms with E-state index in [-0.39, 0.29) is 35.8 Å². The molecule has 3 fully saturated rings. The maximum absolute atomic E-state index is 13.6. The van der Waals surface area contributed by atoms with Gasteiger partial charge in [-0.2, -0.15) is 0 Å². The monoisotopic (exact) mass is 501 g/mol. The van der Waals surface area contributed by atoms with Crippen LogP contribution in [0.2, 0.25) is 0 Å². The second-order valence-electron chi connectivity index (χ2n) is 9.51. The fourth-order valence-electron chi connectivity index (χ4n) is 5.55. The van der Waals surface area contributed by atoms with E-state index in [2.05, 4.69) is 10.5 Å². The Morgan fingerprint density at radius 3 is 2.74 bits per heavy atom. The first-order valence-corrected chi connectivity index (χ1v) is 13.5. The van der Waals surface area contributed by atoms with Crippen LogP contribution in [0.25, 0.3) is 0 Å². The zero-order valence-corrected chi connectivity index (χ0v) is 21.1. The number of hydrogen-bond donors (Lipinski definition) is 1. The van der Waals surface area contributed by atoms with Crippen LogP contribution in [0.4, 0.5) is 10.5 Å². The minimum atomic E-state index is -3.88. The van der Waals surface area contributed by atoms with Crippen molar-refractivity contribution < 1.29 is 22.8 Å². The van der Waals surface area contributed by atoms with Gasteiger partial charge >= 0.3 is 6.03 Å². The molecule has 1 aliphatic carbocycles. The molecule has 2 unspecified atom stereocenters. The van der Waals surface area contributed by atoms with Crippen molar-refractivity contribution in [2.45, 2.75) is 68.8 Å². The van der Waals surface area contributed by atoms with Crippen LogP contribution in [0, 0.1) is 13.8 Å². The van der Waals surface area contributed by atoms with Gasteiger partial charge in [0, 0.05) is 19.5 Å². The first-order valence-electron chi connectivity index (χ1n) is 12.0. The minimum Gasteiger partial charge on any atom is -0.593 e. The molecule has 0 bridgehead atoms. The second-order valence-corrected chi connectivity index (χ2v) is 11.4. The lowest BCUT2D eigenvalue weighted by atomic mass is 9.93. The van der Waals surface area contributed by atoms with Gasteiger partial charge in [0.1, 0.15) is 22.8 Å². The van der Waals surface area contributed by atoms with E-state index < -0.39 is 15.9 Å². The number of aliphatic imine (C=N–C) groups is 1. The zero-order valence-electron chi connectivity index (χ0n) is 20.3. The number of benzene rings is 1. The van der Waals surface area contributed by atoms with Crippen molar-refractivity contribution in [3.05, 3.63) is 35.7 Å². The van der Waals surface area contributed by atoms with Crippen LogP contribution < -0.4 is 15.0 Å². The molecule has 2 atom stereocenters. The minimum absolute atomic E-state index is 0.0842. The zero-order chi connectivity index (χ0) is 24.8. The molecule has 1 aromatic carbocycles. The Kier molecular flexibility index (Phi) is 6.18. The van der Waals surface area contributed by atoms with E-state index >= 15 is 0 Å². The van der Waals surface area contributed by atoms with Gasteiger partial charge in [-0.1, -0.05) is 34.7 Å². The molecule has 3 heterocycles. The highest BCUT2D eigenvalue weighted by Gasteiger charge is 2.59. The standard InChI is InChI=1S/C24H31N5O5S/c1-16-21(17(2)34-27-16)35(31,32)28-13-12-24(15-28)22(25-18-8-5-4-6-9-18)26-23(30)29(24)19-10-7-11-20(14-19)33-3/h7,10-11,14,18H,4-6,8-9,12-13,15H2,1-3H3,(H-,25,26,30,31,32). The van der Waals surface area contributed by atoms with Gasteiger partial charge in [-0.15, -0.1) is 4.31 Å². The van der Waals surface area contributed by atoms with Crippen LogP contribution in [0.3, 0.4) is 0 Å². The summed E-state index contributed by atoms with van der Waals surface area (Å²) in [4.78, 5) is 20.1. The Hall–Kier alpha value is -2.76. The number of rotatable bonds is 5. The van der Waals surface area contributed by atoms with Gasteiger partial charge in [0.2, 0.25) is 4.90 Å². The molecule has 2 saturated heterocycles. The van der Waals surface area contributed by atoms with Crippen molar-refractivity contribution >= 4 is 28.0 Å². The summed E-state index contributed by atoms with van der Waals surface area (Å²) in [6.07, 6.45) is 5.75. The Morgan fingerprint density at radius 2 is 2.06 bits per heavy atom. The Morgan fingerprint density at radius 1 is 1.29 bits per heavy atom. The summed E-state index contributed by atoms with van der Waals surface area (Å²) in [6, 6.07) is 7.05. The molecule has 1 N–H and O–H groups in total. The third kappa shape index (κ3) is 4.05. The molecule has 2 amide bonds. The van der Waals surface area contributed by atoms with E-state index in [0.29, 0.717) is 29.4 Å². The molecular formula is C24H31N5O5S. The Bertz CT molecular complexity index is 1190. The third-order valence-electron chi connectivity index (χ3n) is 7.27. The number of carbonyl (C=O) groups is 1. The Labute approximate surface area is 206 Å². The predicted molar refractivity (Wildman–Crippen MR) is 130 cm³/mol. The summed E-state index contributed by atoms with van der Waals surface area (Å²) < 4.78 is 39.2. The largest absolute Gasteiger partial charge is 0.593 e. The number of ether oxygens (including phenoxy) is 1. The quantitative estimate of drug-likeness (QED) is 0.625. The highest BCUT2D eigenvalue weighted by Crippen LogP contribution is 2.42. The number of methoxy groups -OCH3 is 1. The number of amides is 2. The highest BCUT2D eigenvalue weighted by molar-refractivity contribution is 7.95. The molecular weight excluding hydrogens is 470 g/mol. The summed E-state index contributed by atoms with van der Waals surface area (Å²) in [6.45, 7) is 3.54. The number of aromatic nitrogens is 1. The normalized spacial score (nSPS) is 26.5. The van der Waals surface area contributed by atoms with Gasteiger partial charge in [0.05, 0.1) is 25.4 Å². The second kappa shape index (κ2) is 9.03. The molecule has 2 aromatic rings. The third-order valence-corrected chi connectivity index (χ3v) is 9.36. The highest BCUT2D eigenvalue weighted by atomic mass is 32.3. The molecule has 5 rings (SSSR count). The molecule has 35 heavy (non-hydrogen) atoms. The molecule has 10 nitrogen and oxygen atoms in total. The molecule has 2 aliphatic heterocycles. The number of aryl methyl sites for hydroxylation is 2. The summed E-state index contributed by atoms with van der Waals surface area (Å²) in [5.74, 6) is 1.42. The Balaban J connectivity index is 1.57. The van der Waals surface area contributed by atoms with E-state index in [1.807, 2.05) is 18.2 Å². The van der Waals surface area contributed by atoms with Crippen LogP contribution in [-0.2, 0) is 14.6 Å². The van der Waals surface area contributed by atoms with Crippen molar-refractivity contribution in [2.24, 2.45) is 4.99 Å². The average molecular weight is 502 g/mol. The first kappa shape index (κ1) is 24.0. The number of hydrogen-bond acceptors (Lipinski definition) is 7. The summed E-state index contributed by atoms with van der Waals surface area (Å²) in [5, 5.41) is 6.83. The van der Waals surface area contributed by atoms with E-state index in [1.165, 1.54) is 10.7 Å². The molecule has 1 saturated carbocycles. The number of urea groups is 1. The lowest BCUT2D eigenvalue weighted by molar-refractivity contribution is 0.251. The topological polar surface area (TPSA) is 123 Å². The molecule has 1 spiro atoms. The number of amidine groups is 1. The predicted octanol–water partition coefficient (Wildman–Crippen LogP) is 3.61. The molecule has 188 valence electrons. The van der Waals surface area contributed by atoms with E-state index in [4.69, 9.17) is 14.3 Å². The average Bonchev–Trinajstić information content (AvgIpc) is 3.51. The van der Waals surface area contributed by atoms with Crippen molar-refractivity contribution in [1.82, 2.24) is 14.8 Å². The smallest absolute Gasteiger partial charge is 0.328 e. The van der Waals surface area contributed by atoms with Crippen molar-refractivity contribution in [3.8, 4) is 5.75 Å². The van der Waals surface area contributed by atoms with Crippen LogP contribution in [-0.4, -0.2) is 57.7 Å². The summed E-state index contributed by atoms with van der Waals surface area (Å²) in [7, 11) is -2.31. The van der Waals surface area contributed by atoms with Crippen LogP contribution in [0.1, 0.15) is 50.0 Å². The fourth-order valence-corrected chi connectivity index (χ4v) is 7.33. The van der Waals surface area contributed by atoms with E-state index in [1.54, 1.807) is 31.9 Å². The fraction of sp³-hybridized carbons (Fsp3) is 0.542. The van der Waals surface area contributed by atoms with Crippen molar-refractivity contribution in [1.29, 1.82) is 0 Å². The van der Waals surface area contributed by atoms with E-state index in [9.17, 15) is 13.6 Å². The van der Waals surface area contributed by atoms with Crippen LogP contribution in [0.5, 0.6) is 5.75 Å². The van der Waals surface area contributed by atoms with Gasteiger partial charge in [-0.05, 0) is 38.3 Å². The number of carbonyl (C=O) groups excluding carboxylic acids is 1. The number of nitrogens with one attached hydrogen (secondary N) is 1. The molecule has 1 aromatic heterocycles. The lowest BCUT2D eigenvalue weighted by Gasteiger charge is -2.34. The summed E-state index contributed by atoms with van der Waals surface area (Å²) >= 11 is 0. The number of anilines is 1. The van der Waals surface area contributed by atoms with Crippen molar-refractivity contribution in [3.63, 3.8) is 0 Å². The van der Waals surface area contributed by atoms with Gasteiger partial charge in [-0.3, -0.25) is 15.2 Å². The SMILES string of the molecule is COc1cccc(N2C(=O)NC(=NC3CCCCC3)C23CCN([S+](=O)([O-])c2c(C)noc2C)C3)c1. The molecule has 3 aliphatic rings. The van der Waals surface area contributed by atoms with Gasteiger partial charge in [0.15, 0.2) is 16.2 Å². The van der Waals surface area contributed by atoms with Crippen LogP contribution in [0.15, 0.2) is 38.7 Å². The first-order chi connectivity index (χ1) is 16.8. The lowest BCUT2D eigenvalue weighted by Crippen LogP contribution is -2.53. The van der Waals surface area contributed by atoms with Gasteiger partial charge < -0.3 is 13.8 Å². The number of sulfonamides is 1. The molecule has 0 radical (unpaired) electrons. The van der Waals surface area contributed by atoms with Crippen LogP contribution >= 0.6 is 0 Å². The van der Waals surface area contributed by atoms with Gasteiger partial charge in [0.25, 0.3) is 0 Å². The maximum Gasteiger partial charge on any atom is 0.328 e. The molecule has 11 heteroatoms. The number of nitrogens with zero attached hydrogens (tertiary/aromatic N) is 4. The van der Waals surface area contributed by atoms with Gasteiger partial charge in [-0.25, -0.2) is 4.79 Å². The van der Waals surface area contributed by atoms with E-state index in [0.717, 1.165) is 25.7 Å².